The van der Waals surface area contributed by atoms with Gasteiger partial charge in [-0.15, -0.1) is 0 Å². The van der Waals surface area contributed by atoms with Gasteiger partial charge in [0.15, 0.2) is 5.75 Å². The molecule has 1 aliphatic heterocycles. The number of fused-ring (bicyclic) bond motifs is 1. The van der Waals surface area contributed by atoms with Crippen molar-refractivity contribution in [2.45, 2.75) is 6.92 Å². The third kappa shape index (κ3) is 1.29. The Morgan fingerprint density at radius 3 is 2.67 bits per heavy atom. The standard InChI is InChI=1S/C10H8ClNO3/c1-4-3-5(11)9(15-2)7-6(4)8(13)10(14)12-7/h3H,1-2H3,(H,12,13,14). The first-order valence-electron chi connectivity index (χ1n) is 4.29. The van der Waals surface area contributed by atoms with Gasteiger partial charge in [0.05, 0.1) is 23.4 Å². The number of ketones is 1. The molecule has 0 spiro atoms. The van der Waals surface area contributed by atoms with Crippen LogP contribution in [0.5, 0.6) is 5.75 Å². The molecule has 1 aliphatic rings. The van der Waals surface area contributed by atoms with Crippen molar-refractivity contribution in [2.24, 2.45) is 0 Å². The van der Waals surface area contributed by atoms with E-state index < -0.39 is 11.7 Å². The van der Waals surface area contributed by atoms with Crippen LogP contribution in [0.2, 0.25) is 5.02 Å². The average molecular weight is 226 g/mol. The van der Waals surface area contributed by atoms with Crippen molar-refractivity contribution in [3.8, 4) is 5.75 Å². The number of carbonyl (C=O) groups excluding carboxylic acids is 2. The predicted octanol–water partition coefficient (Wildman–Crippen LogP) is 1.79. The van der Waals surface area contributed by atoms with E-state index in [1.165, 1.54) is 7.11 Å². The van der Waals surface area contributed by atoms with Gasteiger partial charge in [0.25, 0.3) is 11.7 Å². The van der Waals surface area contributed by atoms with Gasteiger partial charge >= 0.3 is 0 Å². The zero-order chi connectivity index (χ0) is 11.2. The molecule has 2 rings (SSSR count). The number of aryl methyl sites for hydroxylation is 1. The van der Waals surface area contributed by atoms with E-state index in [1.807, 2.05) is 0 Å². The van der Waals surface area contributed by atoms with Crippen LogP contribution in [0.15, 0.2) is 6.07 Å². The summed E-state index contributed by atoms with van der Waals surface area (Å²) in [6.07, 6.45) is 0. The third-order valence-electron chi connectivity index (χ3n) is 2.31. The molecule has 0 atom stereocenters. The van der Waals surface area contributed by atoms with Crippen LogP contribution in [0, 0.1) is 6.92 Å². The van der Waals surface area contributed by atoms with Crippen LogP contribution in [0.1, 0.15) is 15.9 Å². The highest BCUT2D eigenvalue weighted by atomic mass is 35.5. The predicted molar refractivity (Wildman–Crippen MR) is 55.7 cm³/mol. The number of amides is 1. The second-order valence-corrected chi connectivity index (χ2v) is 3.65. The van der Waals surface area contributed by atoms with Crippen molar-refractivity contribution in [3.63, 3.8) is 0 Å². The van der Waals surface area contributed by atoms with E-state index in [0.717, 1.165) is 0 Å². The number of halogens is 1. The maximum absolute atomic E-state index is 11.5. The van der Waals surface area contributed by atoms with E-state index in [4.69, 9.17) is 16.3 Å². The minimum Gasteiger partial charge on any atom is -0.493 e. The molecule has 0 radical (unpaired) electrons. The number of benzene rings is 1. The highest BCUT2D eigenvalue weighted by Gasteiger charge is 2.33. The van der Waals surface area contributed by atoms with E-state index in [2.05, 4.69) is 5.32 Å². The van der Waals surface area contributed by atoms with Crippen molar-refractivity contribution in [1.29, 1.82) is 0 Å². The summed E-state index contributed by atoms with van der Waals surface area (Å²) in [5.41, 5.74) is 1.39. The lowest BCUT2D eigenvalue weighted by Gasteiger charge is -2.09. The molecule has 15 heavy (non-hydrogen) atoms. The largest absolute Gasteiger partial charge is 0.493 e. The van der Waals surface area contributed by atoms with Crippen LogP contribution in [0.25, 0.3) is 0 Å². The number of methoxy groups -OCH3 is 1. The Balaban J connectivity index is 2.76. The molecule has 1 aromatic rings. The second kappa shape index (κ2) is 3.24. The molecule has 4 nitrogen and oxygen atoms in total. The maximum Gasteiger partial charge on any atom is 0.296 e. The van der Waals surface area contributed by atoms with Crippen molar-refractivity contribution in [3.05, 3.63) is 22.2 Å². The number of Topliss-reactive ketones (excluding diaryl/α,β-unsaturated/α-hetero) is 1. The number of carbonyl (C=O) groups is 2. The lowest BCUT2D eigenvalue weighted by molar-refractivity contribution is -0.112. The molecule has 0 fully saturated rings. The Bertz CT molecular complexity index is 482. The molecule has 0 aliphatic carbocycles. The third-order valence-corrected chi connectivity index (χ3v) is 2.59. The summed E-state index contributed by atoms with van der Waals surface area (Å²) < 4.78 is 5.04. The summed E-state index contributed by atoms with van der Waals surface area (Å²) in [4.78, 5) is 22.7. The van der Waals surface area contributed by atoms with E-state index in [1.54, 1.807) is 13.0 Å². The van der Waals surface area contributed by atoms with Crippen molar-refractivity contribution < 1.29 is 14.3 Å². The molecule has 0 aromatic heterocycles. The van der Waals surface area contributed by atoms with Crippen LogP contribution in [0.4, 0.5) is 5.69 Å². The highest BCUT2D eigenvalue weighted by Crippen LogP contribution is 2.40. The topological polar surface area (TPSA) is 55.4 Å². The van der Waals surface area contributed by atoms with Crippen LogP contribution < -0.4 is 10.1 Å². The van der Waals surface area contributed by atoms with E-state index >= 15 is 0 Å². The van der Waals surface area contributed by atoms with Gasteiger partial charge in [0, 0.05) is 0 Å². The summed E-state index contributed by atoms with van der Waals surface area (Å²) in [6.45, 7) is 1.72. The zero-order valence-corrected chi connectivity index (χ0v) is 8.94. The fraction of sp³-hybridized carbons (Fsp3) is 0.200. The van der Waals surface area contributed by atoms with Gasteiger partial charge in [-0.3, -0.25) is 9.59 Å². The fourth-order valence-corrected chi connectivity index (χ4v) is 1.99. The monoisotopic (exact) mass is 225 g/mol. The number of rotatable bonds is 1. The number of hydrogen-bond acceptors (Lipinski definition) is 3. The summed E-state index contributed by atoms with van der Waals surface area (Å²) in [6, 6.07) is 1.61. The molecule has 1 N–H and O–H groups in total. The fourth-order valence-electron chi connectivity index (χ4n) is 1.65. The molecule has 78 valence electrons. The highest BCUT2D eigenvalue weighted by molar-refractivity contribution is 6.52. The van der Waals surface area contributed by atoms with E-state index in [-0.39, 0.29) is 0 Å². The molecule has 1 aromatic carbocycles. The normalized spacial score (nSPS) is 13.8. The first-order valence-corrected chi connectivity index (χ1v) is 4.66. The van der Waals surface area contributed by atoms with Gasteiger partial charge in [0.1, 0.15) is 0 Å². The summed E-state index contributed by atoms with van der Waals surface area (Å²) in [7, 11) is 1.44. The Morgan fingerprint density at radius 2 is 2.07 bits per heavy atom. The number of hydrogen-bond donors (Lipinski definition) is 1. The van der Waals surface area contributed by atoms with Gasteiger partial charge in [0.2, 0.25) is 0 Å². The van der Waals surface area contributed by atoms with Gasteiger partial charge < -0.3 is 10.1 Å². The van der Waals surface area contributed by atoms with Crippen molar-refractivity contribution in [1.82, 2.24) is 0 Å². The minimum absolute atomic E-state index is 0.330. The second-order valence-electron chi connectivity index (χ2n) is 3.24. The lowest BCUT2D eigenvalue weighted by Crippen LogP contribution is -2.12. The zero-order valence-electron chi connectivity index (χ0n) is 8.18. The van der Waals surface area contributed by atoms with Crippen LogP contribution in [-0.4, -0.2) is 18.8 Å². The Labute approximate surface area is 91.2 Å². The van der Waals surface area contributed by atoms with Crippen LogP contribution in [-0.2, 0) is 4.79 Å². The molecule has 0 bridgehead atoms. The van der Waals surface area contributed by atoms with Crippen LogP contribution in [0.3, 0.4) is 0 Å². The molecule has 1 heterocycles. The van der Waals surface area contributed by atoms with E-state index in [0.29, 0.717) is 27.6 Å². The summed E-state index contributed by atoms with van der Waals surface area (Å²) >= 11 is 5.92. The quantitative estimate of drug-likeness (QED) is 0.742. The van der Waals surface area contributed by atoms with Crippen molar-refractivity contribution in [2.75, 3.05) is 12.4 Å². The summed E-state index contributed by atoms with van der Waals surface area (Å²) in [5.74, 6) is -0.859. The van der Waals surface area contributed by atoms with E-state index in [9.17, 15) is 9.59 Å². The smallest absolute Gasteiger partial charge is 0.296 e. The van der Waals surface area contributed by atoms with Gasteiger partial charge in [-0.2, -0.15) is 0 Å². The van der Waals surface area contributed by atoms with Gasteiger partial charge in [-0.05, 0) is 18.6 Å². The summed E-state index contributed by atoms with van der Waals surface area (Å²) in [5, 5.41) is 2.83. The molecule has 0 saturated carbocycles. The number of ether oxygens (including phenoxy) is 1. The molecular formula is C10H8ClNO3. The Morgan fingerprint density at radius 1 is 1.40 bits per heavy atom. The average Bonchev–Trinajstić information content (AvgIpc) is 2.44. The maximum atomic E-state index is 11.5. The first-order chi connectivity index (χ1) is 7.06. The minimum atomic E-state index is -0.645. The Hall–Kier alpha value is -1.55. The molecule has 1 amide bonds. The molecule has 0 saturated heterocycles. The van der Waals surface area contributed by atoms with Gasteiger partial charge in [-0.1, -0.05) is 11.6 Å². The lowest BCUT2D eigenvalue weighted by atomic mass is 10.0. The molecule has 5 heteroatoms. The first kappa shape index (κ1) is 9.98. The number of anilines is 1. The molecule has 0 unspecified atom stereocenters. The Kier molecular flexibility index (Phi) is 2.16. The van der Waals surface area contributed by atoms with Crippen LogP contribution >= 0.6 is 11.6 Å². The SMILES string of the molecule is COc1c(Cl)cc(C)c2c1NC(=O)C2=O. The van der Waals surface area contributed by atoms with Crippen molar-refractivity contribution >= 4 is 29.0 Å². The molecular weight excluding hydrogens is 218 g/mol. The number of nitrogens with one attached hydrogen (secondary N) is 1. The van der Waals surface area contributed by atoms with Gasteiger partial charge in [-0.25, -0.2) is 0 Å².